The SMILES string of the molecule is CC(=O)N1CCCC[C@H]1c1nc(-c2ccc(C(=O)Nc3ccon3)cc2)c2c(N)nccn12. The van der Waals surface area contributed by atoms with Gasteiger partial charge in [-0.15, -0.1) is 0 Å². The van der Waals surface area contributed by atoms with Gasteiger partial charge in [0.25, 0.3) is 5.91 Å². The number of benzene rings is 1. The summed E-state index contributed by atoms with van der Waals surface area (Å²) in [4.78, 5) is 35.8. The molecule has 1 aliphatic heterocycles. The average molecular weight is 445 g/mol. The van der Waals surface area contributed by atoms with Crippen molar-refractivity contribution in [3.05, 3.63) is 60.4 Å². The molecule has 4 aromatic rings. The maximum absolute atomic E-state index is 12.5. The first kappa shape index (κ1) is 20.7. The third kappa shape index (κ3) is 3.79. The monoisotopic (exact) mass is 445 g/mol. The van der Waals surface area contributed by atoms with Crippen LogP contribution in [-0.4, -0.2) is 42.8 Å². The molecule has 0 spiro atoms. The number of anilines is 2. The van der Waals surface area contributed by atoms with Gasteiger partial charge in [-0.25, -0.2) is 9.97 Å². The number of carbonyl (C=O) groups excluding carboxylic acids is 2. The van der Waals surface area contributed by atoms with E-state index in [1.807, 2.05) is 27.6 Å². The second kappa shape index (κ2) is 8.38. The lowest BCUT2D eigenvalue weighted by atomic mass is 10.0. The molecule has 1 fully saturated rings. The molecule has 0 bridgehead atoms. The summed E-state index contributed by atoms with van der Waals surface area (Å²) in [6.45, 7) is 2.30. The highest BCUT2D eigenvalue weighted by atomic mass is 16.5. The lowest BCUT2D eigenvalue weighted by molar-refractivity contribution is -0.132. The van der Waals surface area contributed by atoms with Crippen LogP contribution in [0.2, 0.25) is 0 Å². The smallest absolute Gasteiger partial charge is 0.256 e. The molecule has 0 radical (unpaired) electrons. The van der Waals surface area contributed by atoms with E-state index in [0.29, 0.717) is 35.0 Å². The highest BCUT2D eigenvalue weighted by Crippen LogP contribution is 2.35. The summed E-state index contributed by atoms with van der Waals surface area (Å²) in [5, 5.41) is 6.36. The van der Waals surface area contributed by atoms with Crippen LogP contribution in [0.4, 0.5) is 11.6 Å². The maximum Gasteiger partial charge on any atom is 0.256 e. The van der Waals surface area contributed by atoms with E-state index >= 15 is 0 Å². The van der Waals surface area contributed by atoms with E-state index in [2.05, 4.69) is 15.5 Å². The van der Waals surface area contributed by atoms with Crippen LogP contribution in [0.25, 0.3) is 16.8 Å². The number of nitrogens with one attached hydrogen (secondary N) is 1. The lowest BCUT2D eigenvalue weighted by Gasteiger charge is -2.34. The minimum absolute atomic E-state index is 0.0301. The van der Waals surface area contributed by atoms with Gasteiger partial charge in [0.2, 0.25) is 5.91 Å². The summed E-state index contributed by atoms with van der Waals surface area (Å²) in [6, 6.07) is 8.50. The molecular weight excluding hydrogens is 422 g/mol. The number of fused-ring (bicyclic) bond motifs is 1. The molecule has 0 unspecified atom stereocenters. The van der Waals surface area contributed by atoms with Crippen LogP contribution in [0.5, 0.6) is 0 Å². The molecule has 0 saturated carbocycles. The number of carbonyl (C=O) groups is 2. The van der Waals surface area contributed by atoms with Crippen molar-refractivity contribution in [2.24, 2.45) is 0 Å². The van der Waals surface area contributed by atoms with Crippen molar-refractivity contribution in [2.75, 3.05) is 17.6 Å². The number of piperidine rings is 1. The minimum atomic E-state index is -0.300. The van der Waals surface area contributed by atoms with Gasteiger partial charge in [-0.2, -0.15) is 0 Å². The number of rotatable bonds is 4. The zero-order chi connectivity index (χ0) is 22.9. The van der Waals surface area contributed by atoms with Crippen LogP contribution >= 0.6 is 0 Å². The Balaban J connectivity index is 1.53. The molecule has 10 nitrogen and oxygen atoms in total. The van der Waals surface area contributed by atoms with Crippen molar-refractivity contribution in [3.8, 4) is 11.3 Å². The number of nitrogen functional groups attached to an aromatic ring is 1. The third-order valence-corrected chi connectivity index (χ3v) is 5.92. The second-order valence-electron chi connectivity index (χ2n) is 7.99. The van der Waals surface area contributed by atoms with Crippen molar-refractivity contribution in [3.63, 3.8) is 0 Å². The number of amides is 2. The van der Waals surface area contributed by atoms with Crippen molar-refractivity contribution in [1.82, 2.24) is 24.4 Å². The number of hydrogen-bond acceptors (Lipinski definition) is 7. The van der Waals surface area contributed by atoms with Crippen LogP contribution in [0.1, 0.15) is 48.4 Å². The van der Waals surface area contributed by atoms with Crippen LogP contribution in [0, 0.1) is 0 Å². The number of hydrogen-bond donors (Lipinski definition) is 2. The Kier molecular flexibility index (Phi) is 5.25. The highest BCUT2D eigenvalue weighted by molar-refractivity contribution is 6.04. The fraction of sp³-hybridized carbons (Fsp3) is 0.261. The third-order valence-electron chi connectivity index (χ3n) is 5.92. The van der Waals surface area contributed by atoms with Gasteiger partial charge in [-0.05, 0) is 31.4 Å². The molecular formula is C23H23N7O3. The summed E-state index contributed by atoms with van der Waals surface area (Å²) < 4.78 is 6.66. The standard InChI is InChI=1S/C23H23N7O3/c1-14(31)29-11-3-2-4-17(29)22-27-19(20-21(24)25-10-12-30(20)22)15-5-7-16(8-6-15)23(32)26-18-9-13-33-28-18/h5-10,12-13,17H,2-4,11H2,1H3,(H2,24,25)(H,26,28,32)/t17-/m0/s1. The van der Waals surface area contributed by atoms with Crippen molar-refractivity contribution in [2.45, 2.75) is 32.2 Å². The summed E-state index contributed by atoms with van der Waals surface area (Å²) in [5.74, 6) is 1.19. The average Bonchev–Trinajstić information content (AvgIpc) is 3.48. The fourth-order valence-corrected chi connectivity index (χ4v) is 4.35. The fourth-order valence-electron chi connectivity index (χ4n) is 4.35. The van der Waals surface area contributed by atoms with Crippen molar-refractivity contribution >= 4 is 29.0 Å². The molecule has 1 aromatic carbocycles. The Morgan fingerprint density at radius 2 is 2.00 bits per heavy atom. The second-order valence-corrected chi connectivity index (χ2v) is 7.99. The van der Waals surface area contributed by atoms with Crippen LogP contribution < -0.4 is 11.1 Å². The lowest BCUT2D eigenvalue weighted by Crippen LogP contribution is -2.37. The van der Waals surface area contributed by atoms with Crippen molar-refractivity contribution < 1.29 is 14.1 Å². The molecule has 3 aromatic heterocycles. The first-order valence-electron chi connectivity index (χ1n) is 10.7. The highest BCUT2D eigenvalue weighted by Gasteiger charge is 2.31. The van der Waals surface area contributed by atoms with Gasteiger partial charge in [0.15, 0.2) is 5.82 Å². The Hall–Kier alpha value is -4.21. The summed E-state index contributed by atoms with van der Waals surface area (Å²) >= 11 is 0. The Morgan fingerprint density at radius 3 is 2.73 bits per heavy atom. The minimum Gasteiger partial charge on any atom is -0.382 e. The molecule has 10 heteroatoms. The van der Waals surface area contributed by atoms with Crippen molar-refractivity contribution in [1.29, 1.82) is 0 Å². The topological polar surface area (TPSA) is 132 Å². The van der Waals surface area contributed by atoms with Gasteiger partial charge in [-0.3, -0.25) is 14.0 Å². The molecule has 0 aliphatic carbocycles. The van der Waals surface area contributed by atoms with E-state index < -0.39 is 0 Å². The van der Waals surface area contributed by atoms with Crippen LogP contribution in [-0.2, 0) is 4.79 Å². The quantitative estimate of drug-likeness (QED) is 0.493. The van der Waals surface area contributed by atoms with Gasteiger partial charge in [0.05, 0.1) is 6.04 Å². The molecule has 33 heavy (non-hydrogen) atoms. The van der Waals surface area contributed by atoms with E-state index in [9.17, 15) is 9.59 Å². The molecule has 1 saturated heterocycles. The molecule has 168 valence electrons. The summed E-state index contributed by atoms with van der Waals surface area (Å²) in [5.41, 5.74) is 8.85. The first-order chi connectivity index (χ1) is 16.0. The number of imidazole rings is 1. The molecule has 3 N–H and O–H groups in total. The Labute approximate surface area is 189 Å². The predicted octanol–water partition coefficient (Wildman–Crippen LogP) is 3.29. The summed E-state index contributed by atoms with van der Waals surface area (Å²) in [6.07, 6.45) is 7.68. The van der Waals surface area contributed by atoms with Crippen LogP contribution in [0.3, 0.4) is 0 Å². The van der Waals surface area contributed by atoms with E-state index in [-0.39, 0.29) is 17.9 Å². The number of nitrogens with zero attached hydrogens (tertiary/aromatic N) is 5. The van der Waals surface area contributed by atoms with E-state index in [1.165, 1.54) is 6.26 Å². The van der Waals surface area contributed by atoms with E-state index in [0.717, 1.165) is 30.7 Å². The van der Waals surface area contributed by atoms with Gasteiger partial charge in [0.1, 0.15) is 29.1 Å². The van der Waals surface area contributed by atoms with Crippen LogP contribution in [0.15, 0.2) is 53.5 Å². The summed E-state index contributed by atoms with van der Waals surface area (Å²) in [7, 11) is 0. The van der Waals surface area contributed by atoms with Gasteiger partial charge in [-0.1, -0.05) is 17.3 Å². The van der Waals surface area contributed by atoms with Gasteiger partial charge >= 0.3 is 0 Å². The molecule has 1 aliphatic rings. The predicted molar refractivity (Wildman–Crippen MR) is 121 cm³/mol. The zero-order valence-corrected chi connectivity index (χ0v) is 18.1. The molecule has 5 rings (SSSR count). The Morgan fingerprint density at radius 1 is 1.18 bits per heavy atom. The van der Waals surface area contributed by atoms with Gasteiger partial charge in [0, 0.05) is 43.1 Å². The van der Waals surface area contributed by atoms with Gasteiger partial charge < -0.3 is 20.5 Å². The maximum atomic E-state index is 12.5. The normalized spacial score (nSPS) is 16.2. The number of aromatic nitrogens is 4. The molecule has 4 heterocycles. The zero-order valence-electron chi connectivity index (χ0n) is 18.1. The van der Waals surface area contributed by atoms with E-state index in [4.69, 9.17) is 15.2 Å². The molecule has 1 atom stereocenters. The Bertz CT molecular complexity index is 1310. The number of likely N-dealkylation sites (tertiary alicyclic amines) is 1. The number of nitrogens with two attached hydrogens (primary N) is 1. The first-order valence-corrected chi connectivity index (χ1v) is 10.7. The van der Waals surface area contributed by atoms with E-state index in [1.54, 1.807) is 31.3 Å². The molecule has 2 amide bonds. The largest absolute Gasteiger partial charge is 0.382 e.